The van der Waals surface area contributed by atoms with Crippen LogP contribution in [0.5, 0.6) is 6.01 Å². The van der Waals surface area contributed by atoms with Crippen molar-refractivity contribution in [3.63, 3.8) is 0 Å². The second-order valence-corrected chi connectivity index (χ2v) is 4.93. The summed E-state index contributed by atoms with van der Waals surface area (Å²) in [6.07, 6.45) is 0. The molecule has 0 bridgehead atoms. The molecular weight excluding hydrogens is 322 g/mol. The molecule has 0 amide bonds. The van der Waals surface area contributed by atoms with Crippen molar-refractivity contribution in [1.29, 1.82) is 0 Å². The van der Waals surface area contributed by atoms with Crippen LogP contribution in [0, 0.1) is 0 Å². The van der Waals surface area contributed by atoms with Gasteiger partial charge in [-0.25, -0.2) is 4.98 Å². The lowest BCUT2D eigenvalue weighted by Gasteiger charge is -2.06. The van der Waals surface area contributed by atoms with Crippen LogP contribution in [0.25, 0.3) is 11.2 Å². The van der Waals surface area contributed by atoms with Gasteiger partial charge in [0.25, 0.3) is 0 Å². The highest BCUT2D eigenvalue weighted by Crippen LogP contribution is 2.25. The number of fused-ring (bicyclic) bond motifs is 1. The average Bonchev–Trinajstić information content (AvgIpc) is 2.77. The number of benzene rings is 1. The largest absolute Gasteiger partial charge is 0.467 e. The van der Waals surface area contributed by atoms with Gasteiger partial charge >= 0.3 is 6.01 Å². The molecule has 2 N–H and O–H groups in total. The Morgan fingerprint density at radius 1 is 1.20 bits per heavy atom. The lowest BCUT2D eigenvalue weighted by molar-refractivity contribution is 0.382. The topological polar surface area (TPSA) is 78.9 Å². The summed E-state index contributed by atoms with van der Waals surface area (Å²) < 4.78 is 7.64. The molecular formula is C13H12BrN5O. The number of nitrogens with two attached hydrogens (primary N) is 1. The first-order valence-electron chi connectivity index (χ1n) is 5.96. The van der Waals surface area contributed by atoms with Crippen LogP contribution >= 0.6 is 15.9 Å². The molecule has 7 heteroatoms. The second kappa shape index (κ2) is 5.09. The fourth-order valence-electron chi connectivity index (χ4n) is 1.97. The fourth-order valence-corrected chi connectivity index (χ4v) is 2.44. The molecule has 0 fully saturated rings. The van der Waals surface area contributed by atoms with E-state index in [-0.39, 0.29) is 6.01 Å². The molecule has 2 aromatic heterocycles. The first-order valence-corrected chi connectivity index (χ1v) is 6.75. The standard InChI is InChI=1S/C13H12BrN5O/c1-20-13-17-10(15)9-11(18-13)19(12(14)16-9)7-8-5-3-2-4-6-8/h2-6H,7H2,1H3,(H2,15,17,18). The molecule has 0 spiro atoms. The van der Waals surface area contributed by atoms with E-state index in [1.54, 1.807) is 0 Å². The van der Waals surface area contributed by atoms with Crippen LogP contribution in [-0.2, 0) is 6.54 Å². The Labute approximate surface area is 123 Å². The van der Waals surface area contributed by atoms with Crippen molar-refractivity contribution in [2.75, 3.05) is 12.8 Å². The van der Waals surface area contributed by atoms with Crippen LogP contribution in [0.1, 0.15) is 5.56 Å². The van der Waals surface area contributed by atoms with E-state index in [4.69, 9.17) is 10.5 Å². The number of nitrogen functional groups attached to an aromatic ring is 1. The zero-order valence-electron chi connectivity index (χ0n) is 10.7. The minimum absolute atomic E-state index is 0.233. The second-order valence-electron chi connectivity index (χ2n) is 4.22. The number of hydrogen-bond donors (Lipinski definition) is 1. The Balaban J connectivity index is 2.14. The molecule has 0 aliphatic rings. The van der Waals surface area contributed by atoms with Gasteiger partial charge in [0, 0.05) is 0 Å². The van der Waals surface area contributed by atoms with E-state index in [1.165, 1.54) is 7.11 Å². The summed E-state index contributed by atoms with van der Waals surface area (Å²) in [7, 11) is 1.51. The van der Waals surface area contributed by atoms with Crippen molar-refractivity contribution in [3.8, 4) is 6.01 Å². The van der Waals surface area contributed by atoms with E-state index >= 15 is 0 Å². The monoisotopic (exact) mass is 333 g/mol. The summed E-state index contributed by atoms with van der Waals surface area (Å²) in [6, 6.07) is 10.3. The normalized spacial score (nSPS) is 10.9. The van der Waals surface area contributed by atoms with Crippen LogP contribution in [0.15, 0.2) is 35.1 Å². The predicted molar refractivity (Wildman–Crippen MR) is 79.5 cm³/mol. The highest BCUT2D eigenvalue weighted by atomic mass is 79.9. The van der Waals surface area contributed by atoms with Gasteiger partial charge in [-0.3, -0.25) is 4.57 Å². The van der Waals surface area contributed by atoms with Crippen LogP contribution < -0.4 is 10.5 Å². The first-order chi connectivity index (χ1) is 9.69. The van der Waals surface area contributed by atoms with Gasteiger partial charge in [0.15, 0.2) is 21.7 Å². The SMILES string of the molecule is COc1nc(N)c2nc(Br)n(Cc3ccccc3)c2n1. The van der Waals surface area contributed by atoms with E-state index < -0.39 is 0 Å². The number of imidazole rings is 1. The van der Waals surface area contributed by atoms with Crippen LogP contribution in [0.4, 0.5) is 5.82 Å². The summed E-state index contributed by atoms with van der Waals surface area (Å²) in [6.45, 7) is 0.636. The van der Waals surface area contributed by atoms with Gasteiger partial charge in [0.1, 0.15) is 0 Å². The van der Waals surface area contributed by atoms with Crippen LogP contribution in [-0.4, -0.2) is 26.6 Å². The molecule has 3 rings (SSSR count). The Bertz CT molecular complexity index is 756. The van der Waals surface area contributed by atoms with Crippen molar-refractivity contribution in [1.82, 2.24) is 19.5 Å². The predicted octanol–water partition coefficient (Wildman–Crippen LogP) is 2.23. The molecule has 20 heavy (non-hydrogen) atoms. The third-order valence-corrected chi connectivity index (χ3v) is 3.53. The van der Waals surface area contributed by atoms with Crippen molar-refractivity contribution >= 4 is 32.9 Å². The van der Waals surface area contributed by atoms with E-state index in [9.17, 15) is 0 Å². The summed E-state index contributed by atoms with van der Waals surface area (Å²) >= 11 is 3.44. The van der Waals surface area contributed by atoms with Gasteiger partial charge in [-0.2, -0.15) is 9.97 Å². The van der Waals surface area contributed by atoms with Crippen molar-refractivity contribution < 1.29 is 4.74 Å². The molecule has 6 nitrogen and oxygen atoms in total. The molecule has 0 radical (unpaired) electrons. The number of aromatic nitrogens is 4. The lowest BCUT2D eigenvalue weighted by atomic mass is 10.2. The van der Waals surface area contributed by atoms with Gasteiger partial charge < -0.3 is 10.5 Å². The van der Waals surface area contributed by atoms with Gasteiger partial charge in [-0.1, -0.05) is 30.3 Å². The molecule has 0 saturated heterocycles. The number of anilines is 1. The summed E-state index contributed by atoms with van der Waals surface area (Å²) in [5, 5.41) is 0. The molecule has 0 aliphatic heterocycles. The third-order valence-electron chi connectivity index (χ3n) is 2.92. The van der Waals surface area contributed by atoms with Crippen molar-refractivity contribution in [2.45, 2.75) is 6.54 Å². The van der Waals surface area contributed by atoms with Gasteiger partial charge in [0.05, 0.1) is 13.7 Å². The number of halogens is 1. The minimum Gasteiger partial charge on any atom is -0.467 e. The third kappa shape index (κ3) is 2.20. The zero-order chi connectivity index (χ0) is 14.1. The number of rotatable bonds is 3. The van der Waals surface area contributed by atoms with E-state index in [0.29, 0.717) is 28.3 Å². The molecule has 1 aromatic carbocycles. The fraction of sp³-hybridized carbons (Fsp3) is 0.154. The molecule has 0 aliphatic carbocycles. The minimum atomic E-state index is 0.233. The van der Waals surface area contributed by atoms with Crippen molar-refractivity contribution in [2.24, 2.45) is 0 Å². The quantitative estimate of drug-likeness (QED) is 0.743. The number of ether oxygens (including phenoxy) is 1. The van der Waals surface area contributed by atoms with Gasteiger partial charge in [-0.15, -0.1) is 0 Å². The van der Waals surface area contributed by atoms with Gasteiger partial charge in [0.2, 0.25) is 0 Å². The number of hydrogen-bond acceptors (Lipinski definition) is 5. The zero-order valence-corrected chi connectivity index (χ0v) is 12.3. The van der Waals surface area contributed by atoms with Crippen molar-refractivity contribution in [3.05, 3.63) is 40.6 Å². The average molecular weight is 334 g/mol. The summed E-state index contributed by atoms with van der Waals surface area (Å²) in [5.41, 5.74) is 8.23. The van der Waals surface area contributed by atoms with E-state index in [0.717, 1.165) is 5.56 Å². The highest BCUT2D eigenvalue weighted by Gasteiger charge is 2.15. The van der Waals surface area contributed by atoms with Gasteiger partial charge in [-0.05, 0) is 21.5 Å². The lowest BCUT2D eigenvalue weighted by Crippen LogP contribution is -2.03. The molecule has 0 saturated carbocycles. The molecule has 3 aromatic rings. The number of nitrogens with zero attached hydrogens (tertiary/aromatic N) is 4. The molecule has 0 unspecified atom stereocenters. The van der Waals surface area contributed by atoms with E-state index in [2.05, 4.69) is 30.9 Å². The summed E-state index contributed by atoms with van der Waals surface area (Å²) in [4.78, 5) is 12.7. The molecule has 102 valence electrons. The maximum Gasteiger partial charge on any atom is 0.320 e. The molecule has 0 atom stereocenters. The Kier molecular flexibility index (Phi) is 3.27. The Hall–Kier alpha value is -2.15. The summed E-state index contributed by atoms with van der Waals surface area (Å²) in [5.74, 6) is 0.305. The maximum atomic E-state index is 5.88. The smallest absolute Gasteiger partial charge is 0.320 e. The molecule has 2 heterocycles. The Morgan fingerprint density at radius 3 is 2.65 bits per heavy atom. The maximum absolute atomic E-state index is 5.88. The van der Waals surface area contributed by atoms with E-state index in [1.807, 2.05) is 34.9 Å². The highest BCUT2D eigenvalue weighted by molar-refractivity contribution is 9.10. The van der Waals surface area contributed by atoms with Crippen LogP contribution in [0.2, 0.25) is 0 Å². The first kappa shape index (κ1) is 12.9. The van der Waals surface area contributed by atoms with Crippen LogP contribution in [0.3, 0.4) is 0 Å². The number of methoxy groups -OCH3 is 1. The Morgan fingerprint density at radius 2 is 1.95 bits per heavy atom.